The molecule has 332 valence electrons. The number of methoxy groups -OCH3 is 1. The third kappa shape index (κ3) is 8.42. The van der Waals surface area contributed by atoms with Crippen LogP contribution in [0.4, 0.5) is 28.8 Å². The Hall–Kier alpha value is -5.95. The molecule has 5 heterocycles. The first-order chi connectivity index (χ1) is 30.8. The van der Waals surface area contributed by atoms with Gasteiger partial charge in [-0.15, -0.1) is 0 Å². The van der Waals surface area contributed by atoms with Gasteiger partial charge in [0, 0.05) is 73.9 Å². The highest BCUT2D eigenvalue weighted by atomic mass is 35.5. The number of para-hydroxylation sites is 1. The van der Waals surface area contributed by atoms with Crippen LogP contribution in [0.25, 0.3) is 0 Å². The fourth-order valence-corrected chi connectivity index (χ4v) is 10.7. The molecule has 1 aromatic heterocycles. The lowest BCUT2D eigenvalue weighted by Crippen LogP contribution is -2.53. The molecular formula is C48H52ClN8O6P. The first kappa shape index (κ1) is 43.3. The molecule has 2 saturated heterocycles. The molecule has 0 saturated carbocycles. The Morgan fingerprint density at radius 3 is 2.42 bits per heavy atom. The summed E-state index contributed by atoms with van der Waals surface area (Å²) in [5, 5.41) is 7.67. The molecule has 9 rings (SSSR count). The molecule has 1 atom stereocenters. The molecule has 16 heteroatoms. The number of hydrogen-bond acceptors (Lipinski definition) is 12. The number of nitrogens with zero attached hydrogens (tertiary/aromatic N) is 6. The molecular weight excluding hydrogens is 851 g/mol. The van der Waals surface area contributed by atoms with Crippen molar-refractivity contribution in [3.63, 3.8) is 0 Å². The highest BCUT2D eigenvalue weighted by molar-refractivity contribution is 7.70. The van der Waals surface area contributed by atoms with E-state index < -0.39 is 13.2 Å². The van der Waals surface area contributed by atoms with Crippen molar-refractivity contribution in [1.82, 2.24) is 24.7 Å². The van der Waals surface area contributed by atoms with Crippen LogP contribution in [0.5, 0.6) is 17.2 Å². The van der Waals surface area contributed by atoms with E-state index in [1.807, 2.05) is 42.5 Å². The van der Waals surface area contributed by atoms with Gasteiger partial charge in [0.1, 0.15) is 35.5 Å². The first-order valence-corrected chi connectivity index (χ1v) is 24.7. The van der Waals surface area contributed by atoms with Crippen molar-refractivity contribution in [3.05, 3.63) is 112 Å². The van der Waals surface area contributed by atoms with Gasteiger partial charge >= 0.3 is 0 Å². The second kappa shape index (κ2) is 17.6. The van der Waals surface area contributed by atoms with E-state index in [9.17, 15) is 18.9 Å². The molecule has 4 aromatic carbocycles. The molecule has 2 fully saturated rings. The highest BCUT2D eigenvalue weighted by Crippen LogP contribution is 2.42. The molecule has 0 spiro atoms. The van der Waals surface area contributed by atoms with Gasteiger partial charge in [-0.1, -0.05) is 42.8 Å². The molecule has 5 aromatic rings. The number of aromatic nitrogens is 2. The molecule has 3 amide bonds. The van der Waals surface area contributed by atoms with Gasteiger partial charge in [0.05, 0.1) is 31.2 Å². The second-order valence-electron chi connectivity index (χ2n) is 17.3. The van der Waals surface area contributed by atoms with Crippen LogP contribution in [0.3, 0.4) is 0 Å². The minimum absolute atomic E-state index is 0.213. The normalized spacial score (nSPS) is 18.1. The van der Waals surface area contributed by atoms with Crippen molar-refractivity contribution in [3.8, 4) is 17.2 Å². The Morgan fingerprint density at radius 1 is 0.875 bits per heavy atom. The van der Waals surface area contributed by atoms with Crippen LogP contribution in [0.15, 0.2) is 79.0 Å². The number of carbonyl (C=O) groups is 3. The van der Waals surface area contributed by atoms with Gasteiger partial charge in [-0.3, -0.25) is 24.2 Å². The monoisotopic (exact) mass is 902 g/mol. The summed E-state index contributed by atoms with van der Waals surface area (Å²) in [6.45, 7) is 9.39. The lowest BCUT2D eigenvalue weighted by atomic mass is 10.00. The lowest BCUT2D eigenvalue weighted by molar-refractivity contribution is -0.150. The number of imide groups is 1. The maximum atomic E-state index is 13.5. The zero-order valence-corrected chi connectivity index (χ0v) is 38.3. The summed E-state index contributed by atoms with van der Waals surface area (Å²) in [7, 11) is 0.573. The Kier molecular flexibility index (Phi) is 11.9. The van der Waals surface area contributed by atoms with Crippen molar-refractivity contribution in [1.29, 1.82) is 0 Å². The Balaban J connectivity index is 0.837. The smallest absolute Gasteiger partial charge is 0.255 e. The van der Waals surface area contributed by atoms with Crippen LogP contribution in [0.2, 0.25) is 5.02 Å². The van der Waals surface area contributed by atoms with Gasteiger partial charge in [0.2, 0.25) is 11.9 Å². The Morgan fingerprint density at radius 2 is 1.66 bits per heavy atom. The van der Waals surface area contributed by atoms with E-state index in [1.54, 1.807) is 31.4 Å². The van der Waals surface area contributed by atoms with Crippen molar-refractivity contribution >= 4 is 70.6 Å². The summed E-state index contributed by atoms with van der Waals surface area (Å²) in [4.78, 5) is 55.4. The van der Waals surface area contributed by atoms with Crippen molar-refractivity contribution in [2.75, 3.05) is 56.1 Å². The van der Waals surface area contributed by atoms with E-state index in [-0.39, 0.29) is 30.7 Å². The van der Waals surface area contributed by atoms with Crippen LogP contribution in [0.1, 0.15) is 65.2 Å². The largest absolute Gasteiger partial charge is 0.494 e. The van der Waals surface area contributed by atoms with Crippen LogP contribution in [-0.2, 0) is 40.2 Å². The van der Waals surface area contributed by atoms with Crippen molar-refractivity contribution in [2.45, 2.75) is 70.7 Å². The standard InChI is InChI=1S/C48H52ClN8O6P/c1-6-29-23-38(52-48-50-25-36(49)45(53-48)51-37-11-7-8-13-43(37)64(4,5)61)42(62-3)24-40(29)55-20-18-32(19-21-55)56-26-30-14-15-33(22-31(30)27-56)63-41-12-9-10-34-35(41)28-57(46(34)59)39-16-17-44(58)54(2)47(39)60/h7-15,22-25,32,39H,6,16-21,26-28H2,1-5H3,(H2,50,51,52,53). The van der Waals surface area contributed by atoms with Crippen LogP contribution in [-0.4, -0.2) is 95.0 Å². The zero-order chi connectivity index (χ0) is 44.9. The highest BCUT2D eigenvalue weighted by Gasteiger charge is 2.42. The molecule has 2 N–H and O–H groups in total. The van der Waals surface area contributed by atoms with Gasteiger partial charge < -0.3 is 34.5 Å². The topological polar surface area (TPSA) is 150 Å². The van der Waals surface area contributed by atoms with E-state index in [1.165, 1.54) is 29.9 Å². The van der Waals surface area contributed by atoms with Gasteiger partial charge in [0.25, 0.3) is 11.8 Å². The fourth-order valence-electron chi connectivity index (χ4n) is 9.45. The summed E-state index contributed by atoms with van der Waals surface area (Å²) < 4.78 is 25.4. The van der Waals surface area contributed by atoms with E-state index in [4.69, 9.17) is 21.1 Å². The SMILES string of the molecule is CCc1cc(Nc2ncc(Cl)c(Nc3ccccc3P(C)(C)=O)n2)c(OC)cc1N1CCC(N2Cc3ccc(Oc4cccc5c4CN(C4CCC(=O)N(C)C4=O)C5=O)cc3C2)CC1. The molecule has 0 bridgehead atoms. The van der Waals surface area contributed by atoms with E-state index in [0.717, 1.165) is 67.3 Å². The maximum absolute atomic E-state index is 13.5. The fraction of sp³-hybridized carbons (Fsp3) is 0.354. The Bertz CT molecular complexity index is 2720. The maximum Gasteiger partial charge on any atom is 0.255 e. The summed E-state index contributed by atoms with van der Waals surface area (Å²) in [6.07, 6.45) is 4.94. The number of halogens is 1. The van der Waals surface area contributed by atoms with E-state index in [0.29, 0.717) is 63.1 Å². The number of aryl methyl sites for hydroxylation is 1. The molecule has 1 unspecified atom stereocenters. The number of piperidine rings is 2. The van der Waals surface area contributed by atoms with E-state index >= 15 is 0 Å². The molecule has 14 nitrogen and oxygen atoms in total. The lowest BCUT2D eigenvalue weighted by Gasteiger charge is -2.38. The average molecular weight is 903 g/mol. The minimum atomic E-state index is -2.57. The number of benzene rings is 4. The first-order valence-electron chi connectivity index (χ1n) is 21.7. The number of anilines is 5. The van der Waals surface area contributed by atoms with Gasteiger partial charge in [-0.25, -0.2) is 4.98 Å². The predicted octanol–water partition coefficient (Wildman–Crippen LogP) is 8.32. The average Bonchev–Trinajstić information content (AvgIpc) is 3.87. The number of likely N-dealkylation sites (N-methyl/N-ethyl adjacent to an activating group) is 1. The number of carbonyl (C=O) groups excluding carboxylic acids is 3. The quantitative estimate of drug-likeness (QED) is 0.0916. The van der Waals surface area contributed by atoms with Gasteiger partial charge in [-0.05, 0) is 98.2 Å². The molecule has 4 aliphatic heterocycles. The molecule has 0 aliphatic carbocycles. The van der Waals surface area contributed by atoms with Crippen LogP contribution >= 0.6 is 18.7 Å². The number of ether oxygens (including phenoxy) is 2. The number of rotatable bonds is 12. The number of likely N-dealkylation sites (tertiary alicyclic amines) is 1. The number of hydrogen-bond donors (Lipinski definition) is 2. The number of fused-ring (bicyclic) bond motifs is 2. The number of amides is 3. The summed E-state index contributed by atoms with van der Waals surface area (Å²) in [6, 6.07) is 23.1. The van der Waals surface area contributed by atoms with Crippen molar-refractivity contribution < 1.29 is 28.4 Å². The van der Waals surface area contributed by atoms with E-state index in [2.05, 4.69) is 61.6 Å². The summed E-state index contributed by atoms with van der Waals surface area (Å²) in [5.74, 6) is 1.94. The van der Waals surface area contributed by atoms with Crippen LogP contribution < -0.4 is 30.3 Å². The summed E-state index contributed by atoms with van der Waals surface area (Å²) in [5.41, 5.74) is 7.56. The zero-order valence-electron chi connectivity index (χ0n) is 36.7. The minimum Gasteiger partial charge on any atom is -0.494 e. The third-order valence-corrected chi connectivity index (χ3v) is 14.8. The molecule has 64 heavy (non-hydrogen) atoms. The predicted molar refractivity (Wildman–Crippen MR) is 250 cm³/mol. The Labute approximate surface area is 378 Å². The van der Waals surface area contributed by atoms with Gasteiger partial charge in [0.15, 0.2) is 5.82 Å². The van der Waals surface area contributed by atoms with Crippen LogP contribution in [0, 0.1) is 0 Å². The van der Waals surface area contributed by atoms with Gasteiger partial charge in [-0.2, -0.15) is 4.98 Å². The van der Waals surface area contributed by atoms with Crippen molar-refractivity contribution in [2.24, 2.45) is 0 Å². The second-order valence-corrected chi connectivity index (χ2v) is 20.9. The molecule has 4 aliphatic rings. The molecule has 0 radical (unpaired) electrons. The summed E-state index contributed by atoms with van der Waals surface area (Å²) >= 11 is 6.54. The number of nitrogens with one attached hydrogen (secondary N) is 2. The third-order valence-electron chi connectivity index (χ3n) is 12.9.